The average Bonchev–Trinajstić information content (AvgIpc) is 2.94. The molecule has 112 valence electrons. The lowest BCUT2D eigenvalue weighted by molar-refractivity contribution is 0.0917. The molecule has 3 rings (SSSR count). The van der Waals surface area contributed by atoms with Crippen LogP contribution in [0.4, 0.5) is 4.39 Å². The maximum absolute atomic E-state index is 13.7. The van der Waals surface area contributed by atoms with E-state index in [1.165, 1.54) is 17.4 Å². The van der Waals surface area contributed by atoms with Gasteiger partial charge in [-0.2, -0.15) is 0 Å². The van der Waals surface area contributed by atoms with Gasteiger partial charge >= 0.3 is 0 Å². The molecule has 0 atom stereocenters. The normalized spacial score (nSPS) is 17.2. The van der Waals surface area contributed by atoms with E-state index in [0.29, 0.717) is 10.3 Å². The maximum atomic E-state index is 13.7. The van der Waals surface area contributed by atoms with E-state index in [4.69, 9.17) is 0 Å². The number of carbonyl (C=O) groups is 1. The number of hydrogen-bond acceptors (Lipinski definition) is 3. The van der Waals surface area contributed by atoms with Crippen LogP contribution in [0, 0.1) is 5.82 Å². The third-order valence-corrected chi connectivity index (χ3v) is 5.20. The fourth-order valence-electron chi connectivity index (χ4n) is 2.79. The van der Waals surface area contributed by atoms with Gasteiger partial charge in [0.15, 0.2) is 0 Å². The van der Waals surface area contributed by atoms with Crippen LogP contribution in [0.1, 0.15) is 29.4 Å². The molecule has 1 aromatic carbocycles. The van der Waals surface area contributed by atoms with E-state index >= 15 is 0 Å². The van der Waals surface area contributed by atoms with Crippen LogP contribution >= 0.6 is 11.3 Å². The Kier molecular flexibility index (Phi) is 4.22. The zero-order valence-corrected chi connectivity index (χ0v) is 12.9. The van der Waals surface area contributed by atoms with Gasteiger partial charge in [-0.05, 0) is 37.6 Å². The summed E-state index contributed by atoms with van der Waals surface area (Å²) in [5, 5.41) is 3.62. The van der Waals surface area contributed by atoms with Gasteiger partial charge in [-0.15, -0.1) is 11.3 Å². The third kappa shape index (κ3) is 3.09. The fourth-order valence-corrected chi connectivity index (χ4v) is 3.77. The zero-order chi connectivity index (χ0) is 14.8. The molecule has 0 saturated carbocycles. The summed E-state index contributed by atoms with van der Waals surface area (Å²) in [7, 11) is 0. The molecule has 1 amide bonds. The highest BCUT2D eigenvalue weighted by atomic mass is 32.1. The molecule has 5 heteroatoms. The van der Waals surface area contributed by atoms with E-state index in [1.54, 1.807) is 12.1 Å². The molecule has 1 saturated heterocycles. The highest BCUT2D eigenvalue weighted by molar-refractivity contribution is 7.20. The van der Waals surface area contributed by atoms with Gasteiger partial charge in [0.1, 0.15) is 5.82 Å². The Labute approximate surface area is 127 Å². The number of nitrogens with zero attached hydrogens (tertiary/aromatic N) is 1. The second-order valence-corrected chi connectivity index (χ2v) is 6.53. The van der Waals surface area contributed by atoms with Crippen molar-refractivity contribution in [3.05, 3.63) is 35.0 Å². The van der Waals surface area contributed by atoms with Crippen molar-refractivity contribution < 1.29 is 9.18 Å². The van der Waals surface area contributed by atoms with Crippen LogP contribution in [-0.4, -0.2) is 36.5 Å². The number of benzene rings is 1. The number of thiophene rings is 1. The Balaban J connectivity index is 1.68. The first kappa shape index (κ1) is 14.5. The number of rotatable bonds is 3. The van der Waals surface area contributed by atoms with Gasteiger partial charge < -0.3 is 10.2 Å². The molecule has 0 unspecified atom stereocenters. The highest BCUT2D eigenvalue weighted by Gasteiger charge is 2.21. The standard InChI is InChI=1S/C16H19FN2OS/c1-2-19-8-6-11(7-9-19)18-16(20)15-10-12-13(17)4-3-5-14(12)21-15/h3-5,10-11H,2,6-9H2,1H3,(H,18,20). The molecule has 0 bridgehead atoms. The number of hydrogen-bond donors (Lipinski definition) is 1. The van der Waals surface area contributed by atoms with E-state index in [1.807, 2.05) is 6.07 Å². The van der Waals surface area contributed by atoms with Crippen LogP contribution in [0.3, 0.4) is 0 Å². The van der Waals surface area contributed by atoms with E-state index in [-0.39, 0.29) is 17.8 Å². The van der Waals surface area contributed by atoms with Crippen molar-refractivity contribution in [2.45, 2.75) is 25.8 Å². The van der Waals surface area contributed by atoms with Gasteiger partial charge in [0, 0.05) is 29.2 Å². The molecular weight excluding hydrogens is 287 g/mol. The van der Waals surface area contributed by atoms with Crippen LogP contribution in [0.5, 0.6) is 0 Å². The van der Waals surface area contributed by atoms with Crippen LogP contribution in [-0.2, 0) is 0 Å². The average molecular weight is 306 g/mol. The smallest absolute Gasteiger partial charge is 0.261 e. The maximum Gasteiger partial charge on any atom is 0.261 e. The number of likely N-dealkylation sites (tertiary alicyclic amines) is 1. The predicted octanol–water partition coefficient (Wildman–Crippen LogP) is 3.25. The van der Waals surface area contributed by atoms with Gasteiger partial charge in [-0.25, -0.2) is 4.39 Å². The summed E-state index contributed by atoms with van der Waals surface area (Å²) in [5.74, 6) is -0.343. The summed E-state index contributed by atoms with van der Waals surface area (Å²) >= 11 is 1.35. The number of nitrogens with one attached hydrogen (secondary N) is 1. The highest BCUT2D eigenvalue weighted by Crippen LogP contribution is 2.27. The minimum Gasteiger partial charge on any atom is -0.349 e. The first-order valence-corrected chi connectivity index (χ1v) is 8.20. The molecule has 2 aromatic rings. The van der Waals surface area contributed by atoms with E-state index in [2.05, 4.69) is 17.1 Å². The molecule has 21 heavy (non-hydrogen) atoms. The van der Waals surface area contributed by atoms with Crippen molar-refractivity contribution in [3.63, 3.8) is 0 Å². The number of carbonyl (C=O) groups excluding carboxylic acids is 1. The summed E-state index contributed by atoms with van der Waals surface area (Å²) < 4.78 is 14.5. The van der Waals surface area contributed by atoms with Crippen molar-refractivity contribution in [2.24, 2.45) is 0 Å². The molecular formula is C16H19FN2OS. The van der Waals surface area contributed by atoms with Crippen LogP contribution in [0.2, 0.25) is 0 Å². The Bertz CT molecular complexity index is 647. The fraction of sp³-hybridized carbons (Fsp3) is 0.438. The monoisotopic (exact) mass is 306 g/mol. The molecule has 0 spiro atoms. The quantitative estimate of drug-likeness (QED) is 0.944. The largest absolute Gasteiger partial charge is 0.349 e. The molecule has 1 fully saturated rings. The summed E-state index contributed by atoms with van der Waals surface area (Å²) in [4.78, 5) is 15.3. The number of amides is 1. The topological polar surface area (TPSA) is 32.3 Å². The van der Waals surface area contributed by atoms with Crippen molar-refractivity contribution in [1.82, 2.24) is 10.2 Å². The first-order valence-electron chi connectivity index (χ1n) is 7.38. The summed E-state index contributed by atoms with van der Waals surface area (Å²) in [6.07, 6.45) is 1.97. The minimum atomic E-state index is -0.265. The number of piperidine rings is 1. The van der Waals surface area contributed by atoms with E-state index < -0.39 is 0 Å². The SMILES string of the molecule is CCN1CCC(NC(=O)c2cc3c(F)cccc3s2)CC1. The molecule has 1 aliphatic rings. The molecule has 0 aliphatic carbocycles. The summed E-state index contributed by atoms with van der Waals surface area (Å²) in [5.41, 5.74) is 0. The van der Waals surface area contributed by atoms with Gasteiger partial charge in [-0.1, -0.05) is 13.0 Å². The molecule has 1 N–H and O–H groups in total. The van der Waals surface area contributed by atoms with E-state index in [0.717, 1.165) is 37.2 Å². The Morgan fingerprint density at radius 2 is 2.19 bits per heavy atom. The predicted molar refractivity (Wildman–Crippen MR) is 84.4 cm³/mol. The minimum absolute atomic E-state index is 0.0782. The van der Waals surface area contributed by atoms with Crippen molar-refractivity contribution in [2.75, 3.05) is 19.6 Å². The lowest BCUT2D eigenvalue weighted by atomic mass is 10.1. The van der Waals surface area contributed by atoms with Crippen LogP contribution < -0.4 is 5.32 Å². The third-order valence-electron chi connectivity index (χ3n) is 4.10. The van der Waals surface area contributed by atoms with Gasteiger partial charge in [0.25, 0.3) is 5.91 Å². The first-order chi connectivity index (χ1) is 10.2. The van der Waals surface area contributed by atoms with E-state index in [9.17, 15) is 9.18 Å². The summed E-state index contributed by atoms with van der Waals surface area (Å²) in [6.45, 7) is 5.28. The molecule has 1 aliphatic heterocycles. The Hall–Kier alpha value is -1.46. The van der Waals surface area contributed by atoms with Crippen molar-refractivity contribution >= 4 is 27.3 Å². The number of halogens is 1. The molecule has 3 nitrogen and oxygen atoms in total. The second-order valence-electron chi connectivity index (χ2n) is 5.44. The Morgan fingerprint density at radius 1 is 1.43 bits per heavy atom. The van der Waals surface area contributed by atoms with Gasteiger partial charge in [0.05, 0.1) is 4.88 Å². The summed E-state index contributed by atoms with van der Waals surface area (Å²) in [6, 6.07) is 6.84. The molecule has 2 heterocycles. The number of fused-ring (bicyclic) bond motifs is 1. The Morgan fingerprint density at radius 3 is 2.86 bits per heavy atom. The van der Waals surface area contributed by atoms with Gasteiger partial charge in [-0.3, -0.25) is 4.79 Å². The zero-order valence-electron chi connectivity index (χ0n) is 12.1. The molecule has 1 aromatic heterocycles. The van der Waals surface area contributed by atoms with Crippen molar-refractivity contribution in [1.29, 1.82) is 0 Å². The van der Waals surface area contributed by atoms with Crippen LogP contribution in [0.15, 0.2) is 24.3 Å². The lowest BCUT2D eigenvalue weighted by Gasteiger charge is -2.31. The van der Waals surface area contributed by atoms with Crippen molar-refractivity contribution in [3.8, 4) is 0 Å². The molecule has 0 radical (unpaired) electrons. The van der Waals surface area contributed by atoms with Crippen LogP contribution in [0.25, 0.3) is 10.1 Å². The lowest BCUT2D eigenvalue weighted by Crippen LogP contribution is -2.44. The van der Waals surface area contributed by atoms with Gasteiger partial charge in [0.2, 0.25) is 0 Å². The second kappa shape index (κ2) is 6.12.